The van der Waals surface area contributed by atoms with Crippen LogP contribution in [-0.4, -0.2) is 11.9 Å². The van der Waals surface area contributed by atoms with Gasteiger partial charge in [-0.3, -0.25) is 0 Å². The number of esters is 2. The number of carbonyl (C=O) groups excluding carboxylic acids is 2. The highest BCUT2D eigenvalue weighted by Crippen LogP contribution is 2.10. The van der Waals surface area contributed by atoms with Gasteiger partial charge >= 0.3 is 11.9 Å². The Balaban J connectivity index is 4.66. The van der Waals surface area contributed by atoms with Crippen molar-refractivity contribution in [3.63, 3.8) is 0 Å². The van der Waals surface area contributed by atoms with E-state index in [-0.39, 0.29) is 17.1 Å². The van der Waals surface area contributed by atoms with E-state index >= 15 is 0 Å². The Morgan fingerprint density at radius 2 is 1.50 bits per heavy atom. The first-order chi connectivity index (χ1) is 8.38. The molecule has 0 fully saturated rings. The van der Waals surface area contributed by atoms with Gasteiger partial charge in [-0.15, -0.1) is 0 Å². The topological polar surface area (TPSA) is 52.6 Å². The van der Waals surface area contributed by atoms with Crippen molar-refractivity contribution in [2.24, 2.45) is 0 Å². The Morgan fingerprint density at radius 1 is 1.06 bits per heavy atom. The highest BCUT2D eigenvalue weighted by Gasteiger charge is 2.13. The molecule has 18 heavy (non-hydrogen) atoms. The first kappa shape index (κ1) is 16.2. The highest BCUT2D eigenvalue weighted by molar-refractivity contribution is 5.89. The van der Waals surface area contributed by atoms with E-state index in [1.54, 1.807) is 6.08 Å². The molecule has 0 aliphatic heterocycles. The van der Waals surface area contributed by atoms with Gasteiger partial charge in [-0.25, -0.2) is 9.59 Å². The molecule has 4 heteroatoms. The molecule has 0 saturated heterocycles. The summed E-state index contributed by atoms with van der Waals surface area (Å²) in [4.78, 5) is 22.7. The van der Waals surface area contributed by atoms with Crippen molar-refractivity contribution in [1.82, 2.24) is 0 Å². The van der Waals surface area contributed by atoms with Crippen molar-refractivity contribution >= 4 is 11.9 Å². The van der Waals surface area contributed by atoms with Crippen LogP contribution in [0.4, 0.5) is 0 Å². The van der Waals surface area contributed by atoms with E-state index in [0.29, 0.717) is 6.42 Å². The highest BCUT2D eigenvalue weighted by atomic mass is 16.7. The number of hydrogen-bond acceptors (Lipinski definition) is 4. The molecule has 0 atom stereocenters. The first-order valence-electron chi connectivity index (χ1n) is 5.84. The quantitative estimate of drug-likeness (QED) is 0.302. The lowest BCUT2D eigenvalue weighted by Crippen LogP contribution is -2.12. The van der Waals surface area contributed by atoms with Gasteiger partial charge < -0.3 is 9.47 Å². The molecule has 0 aromatic rings. The zero-order valence-corrected chi connectivity index (χ0v) is 11.2. The molecule has 0 aliphatic rings. The van der Waals surface area contributed by atoms with Gasteiger partial charge in [-0.2, -0.15) is 0 Å². The van der Waals surface area contributed by atoms with Gasteiger partial charge in [0.1, 0.15) is 0 Å². The molecule has 0 radical (unpaired) electrons. The Morgan fingerprint density at radius 3 is 1.83 bits per heavy atom. The van der Waals surface area contributed by atoms with Gasteiger partial charge in [0, 0.05) is 11.1 Å². The fourth-order valence-corrected chi connectivity index (χ4v) is 0.885. The second-order valence-corrected chi connectivity index (χ2v) is 4.01. The number of carbonyl (C=O) groups is 2. The second-order valence-electron chi connectivity index (χ2n) is 4.01. The van der Waals surface area contributed by atoms with E-state index in [9.17, 15) is 9.59 Å². The SMILES string of the molecule is C=C(C)C(=O)OC(=CCCCC)OC(=O)C(=C)C. The van der Waals surface area contributed by atoms with Crippen LogP contribution >= 0.6 is 0 Å². The molecule has 4 nitrogen and oxygen atoms in total. The minimum Gasteiger partial charge on any atom is -0.389 e. The van der Waals surface area contributed by atoms with Crippen molar-refractivity contribution in [3.8, 4) is 0 Å². The van der Waals surface area contributed by atoms with Crippen LogP contribution in [0.2, 0.25) is 0 Å². The summed E-state index contributed by atoms with van der Waals surface area (Å²) in [7, 11) is 0. The molecular weight excluding hydrogens is 232 g/mol. The Kier molecular flexibility index (Phi) is 7.43. The normalized spacial score (nSPS) is 9.28. The van der Waals surface area contributed by atoms with Gasteiger partial charge in [0.25, 0.3) is 5.95 Å². The Labute approximate surface area is 108 Å². The van der Waals surface area contributed by atoms with Crippen LogP contribution in [0.3, 0.4) is 0 Å². The van der Waals surface area contributed by atoms with E-state index in [0.717, 1.165) is 12.8 Å². The van der Waals surface area contributed by atoms with E-state index in [4.69, 9.17) is 9.47 Å². The first-order valence-corrected chi connectivity index (χ1v) is 5.84. The molecule has 0 aliphatic carbocycles. The molecule has 0 aromatic heterocycles. The summed E-state index contributed by atoms with van der Waals surface area (Å²) in [6.07, 6.45) is 4.15. The van der Waals surface area contributed by atoms with Gasteiger partial charge in [-0.05, 0) is 32.8 Å². The molecule has 0 amide bonds. The molecule has 0 unspecified atom stereocenters. The van der Waals surface area contributed by atoms with Crippen LogP contribution in [0.5, 0.6) is 0 Å². The predicted molar refractivity (Wildman–Crippen MR) is 69.4 cm³/mol. The van der Waals surface area contributed by atoms with Crippen LogP contribution in [-0.2, 0) is 19.1 Å². The van der Waals surface area contributed by atoms with Gasteiger partial charge in [-0.1, -0.05) is 26.5 Å². The van der Waals surface area contributed by atoms with Gasteiger partial charge in [0.15, 0.2) is 0 Å². The van der Waals surface area contributed by atoms with Crippen molar-refractivity contribution in [2.75, 3.05) is 0 Å². The maximum absolute atomic E-state index is 11.4. The van der Waals surface area contributed by atoms with Crippen LogP contribution < -0.4 is 0 Å². The molecule has 0 saturated carbocycles. The van der Waals surface area contributed by atoms with Crippen molar-refractivity contribution in [2.45, 2.75) is 40.0 Å². The van der Waals surface area contributed by atoms with E-state index in [1.807, 2.05) is 6.92 Å². The van der Waals surface area contributed by atoms with Crippen LogP contribution in [0.1, 0.15) is 40.0 Å². The van der Waals surface area contributed by atoms with Crippen LogP contribution in [0.15, 0.2) is 36.3 Å². The fraction of sp³-hybridized carbons (Fsp3) is 0.429. The lowest BCUT2D eigenvalue weighted by Gasteiger charge is -2.09. The number of unbranched alkanes of at least 4 members (excludes halogenated alkanes) is 2. The van der Waals surface area contributed by atoms with Gasteiger partial charge in [0.05, 0.1) is 0 Å². The zero-order chi connectivity index (χ0) is 14.1. The largest absolute Gasteiger partial charge is 0.389 e. The minimum atomic E-state index is -0.618. The predicted octanol–water partition coefficient (Wildman–Crippen LogP) is 3.26. The molecule has 0 spiro atoms. The summed E-state index contributed by atoms with van der Waals surface area (Å²) in [6, 6.07) is 0. The maximum atomic E-state index is 11.4. The lowest BCUT2D eigenvalue weighted by molar-refractivity contribution is -0.148. The molecular formula is C14H20O4. The third kappa shape index (κ3) is 6.68. The average molecular weight is 252 g/mol. The van der Waals surface area contributed by atoms with Crippen molar-refractivity contribution < 1.29 is 19.1 Å². The summed E-state index contributed by atoms with van der Waals surface area (Å²) in [6.45, 7) is 12.0. The lowest BCUT2D eigenvalue weighted by atomic mass is 10.2. The summed E-state index contributed by atoms with van der Waals surface area (Å²) in [5.41, 5.74) is 0.477. The van der Waals surface area contributed by atoms with E-state index in [2.05, 4.69) is 13.2 Å². The Bertz CT molecular complexity index is 347. The Hall–Kier alpha value is -1.84. The minimum absolute atomic E-state index is 0.107. The number of ether oxygens (including phenoxy) is 2. The van der Waals surface area contributed by atoms with E-state index in [1.165, 1.54) is 13.8 Å². The standard InChI is InChI=1S/C14H20O4/c1-6-7-8-9-12(17-13(15)10(2)3)18-14(16)11(4)5/h9H,2,4,6-8H2,1,3,5H3. The monoisotopic (exact) mass is 252 g/mol. The smallest absolute Gasteiger partial charge is 0.340 e. The molecule has 0 heterocycles. The molecule has 0 rings (SSSR count). The number of rotatable bonds is 7. The summed E-state index contributed by atoms with van der Waals surface area (Å²) >= 11 is 0. The third-order valence-electron chi connectivity index (χ3n) is 1.95. The van der Waals surface area contributed by atoms with Crippen molar-refractivity contribution in [3.05, 3.63) is 36.3 Å². The zero-order valence-electron chi connectivity index (χ0n) is 11.2. The molecule has 100 valence electrons. The number of allylic oxidation sites excluding steroid dienone is 1. The fourth-order valence-electron chi connectivity index (χ4n) is 0.885. The van der Waals surface area contributed by atoms with Crippen LogP contribution in [0, 0.1) is 0 Å². The van der Waals surface area contributed by atoms with Crippen molar-refractivity contribution in [1.29, 1.82) is 0 Å². The van der Waals surface area contributed by atoms with Crippen LogP contribution in [0.25, 0.3) is 0 Å². The number of hydrogen-bond donors (Lipinski definition) is 0. The molecule has 0 N–H and O–H groups in total. The average Bonchev–Trinajstić information content (AvgIpc) is 2.28. The summed E-state index contributed by atoms with van der Waals surface area (Å²) < 4.78 is 9.84. The summed E-state index contributed by atoms with van der Waals surface area (Å²) in [5.74, 6) is -1.34. The second kappa shape index (κ2) is 8.28. The third-order valence-corrected chi connectivity index (χ3v) is 1.95. The summed E-state index contributed by atoms with van der Waals surface area (Å²) in [5, 5.41) is 0. The maximum Gasteiger partial charge on any atom is 0.340 e. The van der Waals surface area contributed by atoms with Gasteiger partial charge in [0.2, 0.25) is 0 Å². The van der Waals surface area contributed by atoms with E-state index < -0.39 is 11.9 Å². The molecule has 0 aromatic carbocycles. The molecule has 0 bridgehead atoms.